The van der Waals surface area contributed by atoms with Gasteiger partial charge in [0.25, 0.3) is 0 Å². The number of hydrogen-bond donors (Lipinski definition) is 1. The van der Waals surface area contributed by atoms with Crippen molar-refractivity contribution in [3.05, 3.63) is 28.8 Å². The number of rotatable bonds is 5. The molecule has 24 heavy (non-hydrogen) atoms. The van der Waals surface area contributed by atoms with Crippen LogP contribution in [0, 0.1) is 5.92 Å². The standard InChI is InChI=1S/C17H24ClNO4S/c18-15-4-1-3-14-16(5-2-9-23-17(14)15)19-24(20,21)12-8-13-6-10-22-11-7-13/h1,3-4,13,16,19H,2,5-12H2. The third-order valence-corrected chi connectivity index (χ3v) is 6.43. The number of fused-ring (bicyclic) bond motifs is 1. The highest BCUT2D eigenvalue weighted by Crippen LogP contribution is 2.37. The lowest BCUT2D eigenvalue weighted by Crippen LogP contribution is -2.32. The lowest BCUT2D eigenvalue weighted by Gasteiger charge is -2.23. The SMILES string of the molecule is O=S(=O)(CCC1CCOCC1)NC1CCCOc2c(Cl)cccc21. The van der Waals surface area contributed by atoms with E-state index in [4.69, 9.17) is 21.1 Å². The maximum absolute atomic E-state index is 12.5. The average molecular weight is 374 g/mol. The number of benzene rings is 1. The molecule has 3 rings (SSSR count). The van der Waals surface area contributed by atoms with Crippen molar-refractivity contribution in [2.45, 2.75) is 38.1 Å². The molecule has 1 saturated heterocycles. The topological polar surface area (TPSA) is 64.6 Å². The Balaban J connectivity index is 1.67. The lowest BCUT2D eigenvalue weighted by molar-refractivity contribution is 0.0655. The Morgan fingerprint density at radius 3 is 2.75 bits per heavy atom. The molecular weight excluding hydrogens is 350 g/mol. The Kier molecular flexibility index (Phi) is 6.02. The van der Waals surface area contributed by atoms with Gasteiger partial charge in [0.2, 0.25) is 10.0 Å². The monoisotopic (exact) mass is 373 g/mol. The summed E-state index contributed by atoms with van der Waals surface area (Å²) in [5.41, 5.74) is 0.828. The molecule has 134 valence electrons. The van der Waals surface area contributed by atoms with Crippen LogP contribution in [0.2, 0.25) is 5.02 Å². The Hall–Kier alpha value is -0.820. The molecule has 1 fully saturated rings. The molecule has 0 bridgehead atoms. The van der Waals surface area contributed by atoms with Crippen LogP contribution in [0.15, 0.2) is 18.2 Å². The van der Waals surface area contributed by atoms with Gasteiger partial charge in [-0.2, -0.15) is 0 Å². The molecule has 0 saturated carbocycles. The summed E-state index contributed by atoms with van der Waals surface area (Å²) in [6.07, 6.45) is 4.09. The fourth-order valence-corrected chi connectivity index (χ4v) is 5.00. The van der Waals surface area contributed by atoms with Gasteiger partial charge in [-0.05, 0) is 44.1 Å². The highest BCUT2D eigenvalue weighted by Gasteiger charge is 2.26. The molecule has 1 unspecified atom stereocenters. The Morgan fingerprint density at radius 1 is 1.17 bits per heavy atom. The molecule has 1 atom stereocenters. The van der Waals surface area contributed by atoms with Crippen LogP contribution in [0.4, 0.5) is 0 Å². The fourth-order valence-electron chi connectivity index (χ4n) is 3.32. The van der Waals surface area contributed by atoms with Gasteiger partial charge < -0.3 is 9.47 Å². The van der Waals surface area contributed by atoms with Crippen LogP contribution in [0.25, 0.3) is 0 Å². The van der Waals surface area contributed by atoms with E-state index in [2.05, 4.69) is 4.72 Å². The van der Waals surface area contributed by atoms with E-state index in [0.717, 1.165) is 38.0 Å². The van der Waals surface area contributed by atoms with E-state index in [-0.39, 0.29) is 11.8 Å². The van der Waals surface area contributed by atoms with E-state index >= 15 is 0 Å². The molecule has 0 amide bonds. The van der Waals surface area contributed by atoms with E-state index in [1.54, 1.807) is 6.07 Å². The molecule has 0 aliphatic carbocycles. The molecule has 5 nitrogen and oxygen atoms in total. The van der Waals surface area contributed by atoms with E-state index in [1.165, 1.54) is 0 Å². The van der Waals surface area contributed by atoms with Gasteiger partial charge in [0, 0.05) is 18.8 Å². The van der Waals surface area contributed by atoms with Crippen molar-refractivity contribution < 1.29 is 17.9 Å². The van der Waals surface area contributed by atoms with Crippen molar-refractivity contribution in [2.24, 2.45) is 5.92 Å². The minimum absolute atomic E-state index is 0.158. The quantitative estimate of drug-likeness (QED) is 0.860. The normalized spacial score (nSPS) is 22.5. The van der Waals surface area contributed by atoms with Crippen LogP contribution >= 0.6 is 11.6 Å². The largest absolute Gasteiger partial charge is 0.492 e. The number of sulfonamides is 1. The van der Waals surface area contributed by atoms with E-state index in [1.807, 2.05) is 12.1 Å². The van der Waals surface area contributed by atoms with Crippen LogP contribution < -0.4 is 9.46 Å². The Bertz CT molecular complexity index is 659. The van der Waals surface area contributed by atoms with Gasteiger partial charge in [-0.3, -0.25) is 0 Å². The minimum atomic E-state index is -3.34. The molecule has 0 spiro atoms. The van der Waals surface area contributed by atoms with Crippen LogP contribution in [0.1, 0.15) is 43.7 Å². The summed E-state index contributed by atoms with van der Waals surface area (Å²) < 4.78 is 38.9. The third kappa shape index (κ3) is 4.63. The zero-order valence-corrected chi connectivity index (χ0v) is 15.2. The van der Waals surface area contributed by atoms with Crippen molar-refractivity contribution in [3.63, 3.8) is 0 Å². The lowest BCUT2D eigenvalue weighted by atomic mass is 9.98. The van der Waals surface area contributed by atoms with E-state index < -0.39 is 10.0 Å². The maximum atomic E-state index is 12.5. The second kappa shape index (κ2) is 8.04. The average Bonchev–Trinajstić information content (AvgIpc) is 2.77. The minimum Gasteiger partial charge on any atom is -0.492 e. The molecule has 0 aromatic heterocycles. The number of nitrogens with one attached hydrogen (secondary N) is 1. The van der Waals surface area contributed by atoms with Crippen molar-refractivity contribution in [2.75, 3.05) is 25.6 Å². The van der Waals surface area contributed by atoms with Gasteiger partial charge in [0.15, 0.2) is 0 Å². The number of ether oxygens (including phenoxy) is 2. The van der Waals surface area contributed by atoms with Crippen LogP contribution in [-0.2, 0) is 14.8 Å². The number of para-hydroxylation sites is 1. The summed E-state index contributed by atoms with van der Waals surface area (Å²) in [5, 5.41) is 0.529. The zero-order valence-electron chi connectivity index (χ0n) is 13.7. The second-order valence-electron chi connectivity index (χ2n) is 6.48. The summed E-state index contributed by atoms with van der Waals surface area (Å²) in [6, 6.07) is 5.21. The predicted octanol–water partition coefficient (Wildman–Crippen LogP) is 3.29. The van der Waals surface area contributed by atoms with Crippen LogP contribution in [0.5, 0.6) is 5.75 Å². The summed E-state index contributed by atoms with van der Waals surface area (Å²) in [6.45, 7) is 2.03. The first kappa shape index (κ1) is 18.0. The Morgan fingerprint density at radius 2 is 1.96 bits per heavy atom. The second-order valence-corrected chi connectivity index (χ2v) is 8.76. The van der Waals surface area contributed by atoms with Crippen LogP contribution in [-0.4, -0.2) is 34.0 Å². The van der Waals surface area contributed by atoms with Crippen molar-refractivity contribution in [1.29, 1.82) is 0 Å². The van der Waals surface area contributed by atoms with Gasteiger partial charge in [0.1, 0.15) is 5.75 Å². The third-order valence-electron chi connectivity index (χ3n) is 4.71. The molecule has 2 aliphatic rings. The zero-order chi connectivity index (χ0) is 17.0. The molecular formula is C17H24ClNO4S. The number of halogens is 1. The van der Waals surface area contributed by atoms with Gasteiger partial charge in [-0.15, -0.1) is 0 Å². The maximum Gasteiger partial charge on any atom is 0.212 e. The first-order chi connectivity index (χ1) is 11.6. The molecule has 1 N–H and O–H groups in total. The smallest absolute Gasteiger partial charge is 0.212 e. The summed E-state index contributed by atoms with van der Waals surface area (Å²) in [4.78, 5) is 0. The Labute approximate surface area is 148 Å². The van der Waals surface area contributed by atoms with E-state index in [9.17, 15) is 8.42 Å². The highest BCUT2D eigenvalue weighted by molar-refractivity contribution is 7.89. The predicted molar refractivity (Wildman–Crippen MR) is 94.0 cm³/mol. The van der Waals surface area contributed by atoms with Crippen molar-refractivity contribution in [1.82, 2.24) is 4.72 Å². The summed E-state index contributed by atoms with van der Waals surface area (Å²) in [5.74, 6) is 1.20. The van der Waals surface area contributed by atoms with Gasteiger partial charge >= 0.3 is 0 Å². The van der Waals surface area contributed by atoms with Gasteiger partial charge in [-0.1, -0.05) is 23.7 Å². The summed E-state index contributed by atoms with van der Waals surface area (Å²) >= 11 is 6.20. The number of hydrogen-bond acceptors (Lipinski definition) is 4. The molecule has 0 radical (unpaired) electrons. The van der Waals surface area contributed by atoms with Crippen molar-refractivity contribution >= 4 is 21.6 Å². The molecule has 1 aromatic carbocycles. The van der Waals surface area contributed by atoms with Crippen LogP contribution in [0.3, 0.4) is 0 Å². The summed E-state index contributed by atoms with van der Waals surface area (Å²) in [7, 11) is -3.34. The van der Waals surface area contributed by atoms with Crippen molar-refractivity contribution in [3.8, 4) is 5.75 Å². The first-order valence-corrected chi connectivity index (χ1v) is 10.6. The van der Waals surface area contributed by atoms with E-state index in [0.29, 0.717) is 36.1 Å². The molecule has 1 aromatic rings. The van der Waals surface area contributed by atoms with Gasteiger partial charge in [-0.25, -0.2) is 13.1 Å². The fraction of sp³-hybridized carbons (Fsp3) is 0.647. The first-order valence-electron chi connectivity index (χ1n) is 8.54. The molecule has 7 heteroatoms. The van der Waals surface area contributed by atoms with Gasteiger partial charge in [0.05, 0.1) is 23.4 Å². The molecule has 2 heterocycles. The molecule has 2 aliphatic heterocycles. The highest BCUT2D eigenvalue weighted by atomic mass is 35.5.